The number of hydrogen-bond donors (Lipinski definition) is 1. The first-order valence-electron chi connectivity index (χ1n) is 8.81. The van der Waals surface area contributed by atoms with Gasteiger partial charge in [0.1, 0.15) is 5.75 Å². The molecular formula is C19H20ClN5O2S2. The van der Waals surface area contributed by atoms with Crippen molar-refractivity contribution in [1.29, 1.82) is 0 Å². The molecule has 0 aliphatic carbocycles. The normalized spacial score (nSPS) is 12.9. The third-order valence-electron chi connectivity index (χ3n) is 3.87. The van der Waals surface area contributed by atoms with Gasteiger partial charge < -0.3 is 10.1 Å². The van der Waals surface area contributed by atoms with Crippen molar-refractivity contribution >= 4 is 45.7 Å². The number of thiazole rings is 1. The zero-order valence-electron chi connectivity index (χ0n) is 15.9. The molecule has 3 rings (SSSR count). The highest BCUT2D eigenvalue weighted by Gasteiger charge is 2.23. The smallest absolute Gasteiger partial charge is 0.239 e. The lowest BCUT2D eigenvalue weighted by atomic mass is 10.3. The monoisotopic (exact) mass is 449 g/mol. The number of carbonyl (C=O) groups excluding carboxylic acids is 1. The van der Waals surface area contributed by atoms with Crippen LogP contribution in [0.1, 0.15) is 25.8 Å². The van der Waals surface area contributed by atoms with E-state index in [1.165, 1.54) is 23.1 Å². The molecule has 0 bridgehead atoms. The average Bonchev–Trinajstić information content (AvgIpc) is 3.34. The van der Waals surface area contributed by atoms with Crippen molar-refractivity contribution in [1.82, 2.24) is 19.7 Å². The second-order valence-corrected chi connectivity index (χ2v) is 8.63. The van der Waals surface area contributed by atoms with Crippen LogP contribution >= 0.6 is 34.7 Å². The van der Waals surface area contributed by atoms with E-state index in [0.717, 1.165) is 0 Å². The van der Waals surface area contributed by atoms with Gasteiger partial charge in [0, 0.05) is 18.1 Å². The maximum atomic E-state index is 12.4. The zero-order chi connectivity index (χ0) is 20.8. The predicted molar refractivity (Wildman–Crippen MR) is 117 cm³/mol. The molecule has 0 radical (unpaired) electrons. The van der Waals surface area contributed by atoms with E-state index in [0.29, 0.717) is 33.4 Å². The summed E-state index contributed by atoms with van der Waals surface area (Å²) in [6, 6.07) is 7.26. The molecule has 1 aromatic carbocycles. The standard InChI is InChI=1S/C19H20ClN5O2S2/c1-4-10-25-16(12(2)27-15-8-6-5-7-14(15)20)23-24-19(25)29-13(3)17(26)22-18-21-9-11-28-18/h4-9,11-13H,1,10H2,2-3H3,(H,21,22,26). The van der Waals surface area contributed by atoms with E-state index < -0.39 is 6.10 Å². The summed E-state index contributed by atoms with van der Waals surface area (Å²) in [7, 11) is 0. The molecule has 29 heavy (non-hydrogen) atoms. The lowest BCUT2D eigenvalue weighted by molar-refractivity contribution is -0.115. The summed E-state index contributed by atoms with van der Waals surface area (Å²) in [5.74, 6) is 1.04. The summed E-state index contributed by atoms with van der Waals surface area (Å²) in [5, 5.41) is 14.5. The first-order chi connectivity index (χ1) is 14.0. The Hall–Kier alpha value is -2.36. The van der Waals surface area contributed by atoms with Gasteiger partial charge in [-0.1, -0.05) is 41.6 Å². The fraction of sp³-hybridized carbons (Fsp3) is 0.263. The van der Waals surface area contributed by atoms with Crippen LogP contribution in [-0.4, -0.2) is 30.9 Å². The Labute approximate surface area is 182 Å². The average molecular weight is 450 g/mol. The van der Waals surface area contributed by atoms with E-state index in [9.17, 15) is 4.79 Å². The second kappa shape index (κ2) is 9.91. The Bertz CT molecular complexity index is 977. The number of halogens is 1. The van der Waals surface area contributed by atoms with Crippen LogP contribution < -0.4 is 10.1 Å². The Morgan fingerprint density at radius 1 is 1.41 bits per heavy atom. The van der Waals surface area contributed by atoms with Crippen LogP contribution in [-0.2, 0) is 11.3 Å². The van der Waals surface area contributed by atoms with Crippen LogP contribution in [0.15, 0.2) is 53.7 Å². The molecule has 0 aliphatic heterocycles. The van der Waals surface area contributed by atoms with Crippen LogP contribution in [0.4, 0.5) is 5.13 Å². The first-order valence-corrected chi connectivity index (χ1v) is 11.0. The molecule has 3 aromatic rings. The van der Waals surface area contributed by atoms with E-state index in [4.69, 9.17) is 16.3 Å². The third kappa shape index (κ3) is 5.37. The highest BCUT2D eigenvalue weighted by atomic mass is 35.5. The first kappa shape index (κ1) is 21.4. The quantitative estimate of drug-likeness (QED) is 0.372. The Morgan fingerprint density at radius 2 is 2.21 bits per heavy atom. The Balaban J connectivity index is 1.74. The number of benzene rings is 1. The summed E-state index contributed by atoms with van der Waals surface area (Å²) in [5.41, 5.74) is 0. The van der Waals surface area contributed by atoms with Crippen LogP contribution in [0.5, 0.6) is 5.75 Å². The number of anilines is 1. The molecule has 0 aliphatic rings. The minimum Gasteiger partial charge on any atom is -0.481 e. The fourth-order valence-corrected chi connectivity index (χ4v) is 4.05. The van der Waals surface area contributed by atoms with Gasteiger partial charge in [0.25, 0.3) is 0 Å². The third-order valence-corrected chi connectivity index (χ3v) is 5.96. The lowest BCUT2D eigenvalue weighted by Crippen LogP contribution is -2.23. The number of amides is 1. The summed E-state index contributed by atoms with van der Waals surface area (Å²) in [4.78, 5) is 16.5. The van der Waals surface area contributed by atoms with Crippen LogP contribution in [0.3, 0.4) is 0 Å². The van der Waals surface area contributed by atoms with Crippen molar-refractivity contribution in [3.8, 4) is 5.75 Å². The molecule has 0 saturated carbocycles. The molecule has 7 nitrogen and oxygen atoms in total. The molecule has 0 spiro atoms. The highest BCUT2D eigenvalue weighted by Crippen LogP contribution is 2.30. The van der Waals surface area contributed by atoms with E-state index >= 15 is 0 Å². The van der Waals surface area contributed by atoms with E-state index in [1.807, 2.05) is 30.5 Å². The number of ether oxygens (including phenoxy) is 1. The molecule has 0 fully saturated rings. The van der Waals surface area contributed by atoms with Crippen molar-refractivity contribution in [3.05, 3.63) is 59.3 Å². The van der Waals surface area contributed by atoms with Gasteiger partial charge in [0.05, 0.1) is 10.3 Å². The second-order valence-electron chi connectivity index (χ2n) is 6.02. The van der Waals surface area contributed by atoms with Crippen molar-refractivity contribution in [2.24, 2.45) is 0 Å². The molecular weight excluding hydrogens is 430 g/mol. The lowest BCUT2D eigenvalue weighted by Gasteiger charge is -2.17. The number of hydrogen-bond acceptors (Lipinski definition) is 7. The van der Waals surface area contributed by atoms with Crippen LogP contribution in [0, 0.1) is 0 Å². The summed E-state index contributed by atoms with van der Waals surface area (Å²) in [6.45, 7) is 7.98. The van der Waals surface area contributed by atoms with Crippen molar-refractivity contribution < 1.29 is 9.53 Å². The molecule has 2 aromatic heterocycles. The molecule has 2 heterocycles. The Morgan fingerprint density at radius 3 is 2.90 bits per heavy atom. The largest absolute Gasteiger partial charge is 0.481 e. The van der Waals surface area contributed by atoms with Gasteiger partial charge in [-0.15, -0.1) is 28.1 Å². The van der Waals surface area contributed by atoms with Gasteiger partial charge in [0.15, 0.2) is 22.2 Å². The Kier molecular flexibility index (Phi) is 7.29. The number of carbonyl (C=O) groups is 1. The molecule has 2 unspecified atom stereocenters. The van der Waals surface area contributed by atoms with E-state index in [1.54, 1.807) is 29.8 Å². The molecule has 10 heteroatoms. The SMILES string of the molecule is C=CCn1c(SC(C)C(=O)Nc2nccs2)nnc1C(C)Oc1ccccc1Cl. The summed E-state index contributed by atoms with van der Waals surface area (Å²) < 4.78 is 7.85. The molecule has 2 atom stereocenters. The zero-order valence-corrected chi connectivity index (χ0v) is 18.3. The molecule has 0 saturated heterocycles. The number of thioether (sulfide) groups is 1. The van der Waals surface area contributed by atoms with E-state index in [2.05, 4.69) is 27.1 Å². The number of para-hydroxylation sites is 1. The summed E-state index contributed by atoms with van der Waals surface area (Å²) in [6.07, 6.45) is 3.00. The van der Waals surface area contributed by atoms with Gasteiger partial charge in [-0.25, -0.2) is 4.98 Å². The van der Waals surface area contributed by atoms with Gasteiger partial charge in [0.2, 0.25) is 5.91 Å². The number of aromatic nitrogens is 4. The number of nitrogens with one attached hydrogen (secondary N) is 1. The molecule has 152 valence electrons. The number of allylic oxidation sites excluding steroid dienone is 1. The minimum atomic E-state index is -0.392. The van der Waals surface area contributed by atoms with E-state index in [-0.39, 0.29) is 11.2 Å². The van der Waals surface area contributed by atoms with Crippen LogP contribution in [0.25, 0.3) is 0 Å². The molecule has 1 N–H and O–H groups in total. The fourth-order valence-electron chi connectivity index (χ4n) is 2.48. The minimum absolute atomic E-state index is 0.153. The van der Waals surface area contributed by atoms with Gasteiger partial charge in [-0.3, -0.25) is 9.36 Å². The topological polar surface area (TPSA) is 81.9 Å². The number of nitrogens with zero attached hydrogens (tertiary/aromatic N) is 4. The van der Waals surface area contributed by atoms with Crippen molar-refractivity contribution in [3.63, 3.8) is 0 Å². The van der Waals surface area contributed by atoms with Gasteiger partial charge in [-0.2, -0.15) is 0 Å². The van der Waals surface area contributed by atoms with Gasteiger partial charge in [-0.05, 0) is 26.0 Å². The maximum absolute atomic E-state index is 12.4. The molecule has 1 amide bonds. The number of rotatable bonds is 9. The van der Waals surface area contributed by atoms with Gasteiger partial charge >= 0.3 is 0 Å². The van der Waals surface area contributed by atoms with Crippen molar-refractivity contribution in [2.45, 2.75) is 36.9 Å². The van der Waals surface area contributed by atoms with Crippen LogP contribution in [0.2, 0.25) is 5.02 Å². The predicted octanol–water partition coefficient (Wildman–Crippen LogP) is 4.83. The maximum Gasteiger partial charge on any atom is 0.239 e. The van der Waals surface area contributed by atoms with Crippen molar-refractivity contribution in [2.75, 3.05) is 5.32 Å². The summed E-state index contributed by atoms with van der Waals surface area (Å²) >= 11 is 8.87. The highest BCUT2D eigenvalue weighted by molar-refractivity contribution is 8.00.